The molecule has 4 rings (SSSR count). The van der Waals surface area contributed by atoms with Crippen LogP contribution in [0.15, 0.2) is 29.3 Å². The third-order valence-electron chi connectivity index (χ3n) is 5.53. The minimum atomic E-state index is -0.646. The van der Waals surface area contributed by atoms with E-state index in [1.807, 2.05) is 24.5 Å². The van der Waals surface area contributed by atoms with E-state index < -0.39 is 5.97 Å². The largest absolute Gasteiger partial charge is 0.454 e. The van der Waals surface area contributed by atoms with E-state index in [9.17, 15) is 14.9 Å². The maximum atomic E-state index is 12.7. The molecule has 148 valence electrons. The molecule has 6 heteroatoms. The monoisotopic (exact) mass is 406 g/mol. The van der Waals surface area contributed by atoms with E-state index in [4.69, 9.17) is 4.74 Å². The number of carbonyl (C=O) groups excluding carboxylic acids is 2. The third-order valence-corrected chi connectivity index (χ3v) is 6.21. The quantitative estimate of drug-likeness (QED) is 0.400. The SMILES string of the molecule is CSc1nc(C2CC2)cc(C(=O)OCC(=O)c2ccc3c(c2)CCCC3)c1C#N. The fourth-order valence-electron chi connectivity index (χ4n) is 3.74. The summed E-state index contributed by atoms with van der Waals surface area (Å²) in [7, 11) is 0. The number of hydrogen-bond acceptors (Lipinski definition) is 6. The maximum absolute atomic E-state index is 12.7. The summed E-state index contributed by atoms with van der Waals surface area (Å²) in [5.41, 5.74) is 4.32. The summed E-state index contributed by atoms with van der Waals surface area (Å²) in [6.45, 7) is -0.335. The van der Waals surface area contributed by atoms with Gasteiger partial charge in [-0.2, -0.15) is 5.26 Å². The molecular weight excluding hydrogens is 384 g/mol. The third kappa shape index (κ3) is 4.20. The number of aromatic nitrogens is 1. The van der Waals surface area contributed by atoms with Gasteiger partial charge in [-0.05, 0) is 68.0 Å². The Morgan fingerprint density at radius 2 is 1.97 bits per heavy atom. The van der Waals surface area contributed by atoms with Crippen molar-refractivity contribution in [3.8, 4) is 6.07 Å². The number of aryl methyl sites for hydroxylation is 2. The van der Waals surface area contributed by atoms with E-state index in [0.717, 1.165) is 37.8 Å². The van der Waals surface area contributed by atoms with Crippen LogP contribution in [0.5, 0.6) is 0 Å². The minimum absolute atomic E-state index is 0.201. The molecule has 1 aromatic heterocycles. The van der Waals surface area contributed by atoms with Crippen LogP contribution in [0.1, 0.15) is 74.7 Å². The van der Waals surface area contributed by atoms with E-state index in [1.165, 1.54) is 29.3 Å². The molecule has 2 aliphatic rings. The number of thioether (sulfide) groups is 1. The first-order chi connectivity index (χ1) is 14.1. The number of esters is 1. The van der Waals surface area contributed by atoms with Gasteiger partial charge in [0.1, 0.15) is 11.1 Å². The van der Waals surface area contributed by atoms with Crippen molar-refractivity contribution < 1.29 is 14.3 Å². The summed E-state index contributed by atoms with van der Waals surface area (Å²) >= 11 is 1.34. The van der Waals surface area contributed by atoms with Gasteiger partial charge in [-0.1, -0.05) is 12.1 Å². The summed E-state index contributed by atoms with van der Waals surface area (Å²) in [6, 6.07) is 9.46. The molecule has 1 heterocycles. The van der Waals surface area contributed by atoms with Crippen LogP contribution in [-0.2, 0) is 17.6 Å². The number of carbonyl (C=O) groups is 2. The Labute approximate surface area is 174 Å². The number of pyridine rings is 1. The van der Waals surface area contributed by atoms with Crippen molar-refractivity contribution in [2.24, 2.45) is 0 Å². The normalized spacial score (nSPS) is 15.3. The highest BCUT2D eigenvalue weighted by molar-refractivity contribution is 7.98. The van der Waals surface area contributed by atoms with Crippen LogP contribution in [0.4, 0.5) is 0 Å². The Balaban J connectivity index is 1.50. The fourth-order valence-corrected chi connectivity index (χ4v) is 4.30. The zero-order valence-electron chi connectivity index (χ0n) is 16.4. The number of nitriles is 1. The molecular formula is C23H22N2O3S. The lowest BCUT2D eigenvalue weighted by atomic mass is 9.90. The summed E-state index contributed by atoms with van der Waals surface area (Å²) in [5.74, 6) is -0.531. The molecule has 0 bridgehead atoms. The van der Waals surface area contributed by atoms with Gasteiger partial charge in [0, 0.05) is 17.2 Å². The highest BCUT2D eigenvalue weighted by Gasteiger charge is 2.29. The van der Waals surface area contributed by atoms with Crippen molar-refractivity contribution in [1.82, 2.24) is 4.98 Å². The topological polar surface area (TPSA) is 80.0 Å². The van der Waals surface area contributed by atoms with Gasteiger partial charge >= 0.3 is 5.97 Å². The molecule has 0 aliphatic heterocycles. The average molecular weight is 407 g/mol. The van der Waals surface area contributed by atoms with Crippen molar-refractivity contribution in [3.63, 3.8) is 0 Å². The predicted molar refractivity (Wildman–Crippen MR) is 110 cm³/mol. The Morgan fingerprint density at radius 1 is 1.21 bits per heavy atom. The Hall–Kier alpha value is -2.65. The van der Waals surface area contributed by atoms with Crippen molar-refractivity contribution >= 4 is 23.5 Å². The molecule has 1 aromatic carbocycles. The van der Waals surface area contributed by atoms with Crippen LogP contribution in [-0.4, -0.2) is 29.6 Å². The molecule has 1 fully saturated rings. The second-order valence-corrected chi connectivity index (χ2v) is 8.35. The highest BCUT2D eigenvalue weighted by atomic mass is 32.2. The maximum Gasteiger partial charge on any atom is 0.340 e. The number of benzene rings is 1. The lowest BCUT2D eigenvalue weighted by Gasteiger charge is -2.16. The first-order valence-corrected chi connectivity index (χ1v) is 11.1. The highest BCUT2D eigenvalue weighted by Crippen LogP contribution is 2.40. The summed E-state index contributed by atoms with van der Waals surface area (Å²) < 4.78 is 5.31. The zero-order chi connectivity index (χ0) is 20.4. The van der Waals surface area contributed by atoms with Crippen LogP contribution >= 0.6 is 11.8 Å². The van der Waals surface area contributed by atoms with Crippen molar-refractivity contribution in [1.29, 1.82) is 5.26 Å². The Bertz CT molecular complexity index is 1020. The molecule has 0 radical (unpaired) electrons. The second kappa shape index (κ2) is 8.38. The number of hydrogen-bond donors (Lipinski definition) is 0. The number of rotatable bonds is 6. The summed E-state index contributed by atoms with van der Waals surface area (Å²) in [5, 5.41) is 10.0. The molecule has 29 heavy (non-hydrogen) atoms. The number of ether oxygens (including phenoxy) is 1. The molecule has 0 spiro atoms. The Kier molecular flexibility index (Phi) is 5.68. The number of fused-ring (bicyclic) bond motifs is 1. The first kappa shape index (κ1) is 19.7. The van der Waals surface area contributed by atoms with Crippen LogP contribution in [0.3, 0.4) is 0 Å². The van der Waals surface area contributed by atoms with Crippen molar-refractivity contribution in [3.05, 3.63) is 57.8 Å². The second-order valence-electron chi connectivity index (χ2n) is 7.55. The smallest absolute Gasteiger partial charge is 0.340 e. The Morgan fingerprint density at radius 3 is 2.66 bits per heavy atom. The summed E-state index contributed by atoms with van der Waals surface area (Å²) in [4.78, 5) is 29.8. The van der Waals surface area contributed by atoms with Gasteiger partial charge in [0.2, 0.25) is 0 Å². The van der Waals surface area contributed by atoms with Gasteiger partial charge in [0.15, 0.2) is 12.4 Å². The van der Waals surface area contributed by atoms with Crippen LogP contribution in [0.25, 0.3) is 0 Å². The van der Waals surface area contributed by atoms with E-state index in [-0.39, 0.29) is 23.5 Å². The molecule has 2 aliphatic carbocycles. The molecule has 0 unspecified atom stereocenters. The molecule has 2 aromatic rings. The number of nitrogens with zero attached hydrogens (tertiary/aromatic N) is 2. The first-order valence-electron chi connectivity index (χ1n) is 9.92. The lowest BCUT2D eigenvalue weighted by Crippen LogP contribution is -2.17. The van der Waals surface area contributed by atoms with E-state index in [1.54, 1.807) is 6.07 Å². The number of ketones is 1. The standard InChI is InChI=1S/C23H22N2O3S/c1-29-22-19(12-24)18(11-20(25-22)15-7-8-15)23(27)28-13-21(26)17-9-6-14-4-2-3-5-16(14)10-17/h6,9-11,15H,2-5,7-8,13H2,1H3. The molecule has 0 saturated heterocycles. The van der Waals surface area contributed by atoms with Crippen LogP contribution < -0.4 is 0 Å². The van der Waals surface area contributed by atoms with Gasteiger partial charge in [-0.25, -0.2) is 9.78 Å². The van der Waals surface area contributed by atoms with Gasteiger partial charge in [-0.3, -0.25) is 4.79 Å². The molecule has 5 nitrogen and oxygen atoms in total. The van der Waals surface area contributed by atoms with Crippen molar-refractivity contribution in [2.75, 3.05) is 12.9 Å². The molecule has 0 amide bonds. The van der Waals surface area contributed by atoms with E-state index in [2.05, 4.69) is 11.1 Å². The predicted octanol–water partition coefficient (Wildman–Crippen LogP) is 4.47. The molecule has 0 N–H and O–H groups in total. The van der Waals surface area contributed by atoms with Gasteiger partial charge in [0.25, 0.3) is 0 Å². The zero-order valence-corrected chi connectivity index (χ0v) is 17.2. The van der Waals surface area contributed by atoms with Crippen LogP contribution in [0, 0.1) is 11.3 Å². The summed E-state index contributed by atoms with van der Waals surface area (Å²) in [6.07, 6.45) is 8.27. The molecule has 1 saturated carbocycles. The fraction of sp³-hybridized carbons (Fsp3) is 0.391. The van der Waals surface area contributed by atoms with E-state index in [0.29, 0.717) is 16.5 Å². The van der Waals surface area contributed by atoms with E-state index >= 15 is 0 Å². The van der Waals surface area contributed by atoms with Crippen LogP contribution in [0.2, 0.25) is 0 Å². The van der Waals surface area contributed by atoms with Gasteiger partial charge in [0.05, 0.1) is 11.1 Å². The molecule has 0 atom stereocenters. The van der Waals surface area contributed by atoms with Gasteiger partial charge in [-0.15, -0.1) is 11.8 Å². The average Bonchev–Trinajstić information content (AvgIpc) is 3.61. The minimum Gasteiger partial charge on any atom is -0.454 e. The lowest BCUT2D eigenvalue weighted by molar-refractivity contribution is 0.0474. The van der Waals surface area contributed by atoms with Crippen molar-refractivity contribution in [2.45, 2.75) is 49.5 Å². The number of Topliss-reactive ketones (excluding diaryl/α,β-unsaturated/α-hetero) is 1. The van der Waals surface area contributed by atoms with Gasteiger partial charge < -0.3 is 4.74 Å².